The molecule has 4 N–H and O–H groups in total. The van der Waals surface area contributed by atoms with Crippen LogP contribution < -0.4 is 15.9 Å². The molecule has 2 aromatic carbocycles. The summed E-state index contributed by atoms with van der Waals surface area (Å²) >= 11 is 8.94. The number of rotatable bonds is 3. The second kappa shape index (κ2) is 6.81. The number of benzene rings is 2. The first-order chi connectivity index (χ1) is 10.3. The number of hydrogen-bond acceptors (Lipinski definition) is 2. The smallest absolute Gasteiger partial charge is 0.321 e. The molecule has 0 aliphatic heterocycles. The number of anilines is 2. The Hall–Kier alpha value is -1.37. The highest BCUT2D eigenvalue weighted by atomic mass is 79.9. The average molecular weight is 406 g/mol. The van der Waals surface area contributed by atoms with Crippen LogP contribution in [0.2, 0.25) is 5.02 Å². The van der Waals surface area contributed by atoms with Crippen LogP contribution in [0.25, 0.3) is 0 Å². The molecule has 0 aliphatic carbocycles. The molecule has 9 heteroatoms. The van der Waals surface area contributed by atoms with Crippen LogP contribution in [0.5, 0.6) is 0 Å². The van der Waals surface area contributed by atoms with E-state index in [2.05, 4.69) is 26.6 Å². The summed E-state index contributed by atoms with van der Waals surface area (Å²) in [7, 11) is -4.52. The lowest BCUT2D eigenvalue weighted by atomic mass is 10.3. The number of urea groups is 1. The molecule has 0 atom stereocenters. The van der Waals surface area contributed by atoms with Gasteiger partial charge in [0.15, 0.2) is 0 Å². The van der Waals surface area contributed by atoms with Crippen molar-refractivity contribution in [2.24, 2.45) is 0 Å². The monoisotopic (exact) mass is 404 g/mol. The third-order valence-electron chi connectivity index (χ3n) is 2.60. The number of nitrogens with one attached hydrogen (secondary N) is 2. The van der Waals surface area contributed by atoms with Gasteiger partial charge in [0.25, 0.3) is 0 Å². The highest BCUT2D eigenvalue weighted by Crippen LogP contribution is 2.37. The van der Waals surface area contributed by atoms with Crippen molar-refractivity contribution < 1.29 is 19.1 Å². The lowest BCUT2D eigenvalue weighted by molar-refractivity contribution is 0.262. The molecule has 2 amide bonds. The van der Waals surface area contributed by atoms with Crippen molar-refractivity contribution in [1.82, 2.24) is 0 Å². The maximum Gasteiger partial charge on any atom is 0.358 e. The molecule has 0 saturated carbocycles. The summed E-state index contributed by atoms with van der Waals surface area (Å²) in [6.07, 6.45) is 0. The molecule has 0 fully saturated rings. The first kappa shape index (κ1) is 17.0. The quantitative estimate of drug-likeness (QED) is 0.587. The van der Waals surface area contributed by atoms with Crippen LogP contribution in [0.15, 0.2) is 46.9 Å². The summed E-state index contributed by atoms with van der Waals surface area (Å²) in [5.74, 6) is 0. The van der Waals surface area contributed by atoms with Crippen LogP contribution in [-0.4, -0.2) is 15.8 Å². The fourth-order valence-corrected chi connectivity index (χ4v) is 3.18. The van der Waals surface area contributed by atoms with Gasteiger partial charge >= 0.3 is 13.6 Å². The fourth-order valence-electron chi connectivity index (χ4n) is 1.70. The van der Waals surface area contributed by atoms with E-state index >= 15 is 0 Å². The predicted octanol–water partition coefficient (Wildman–Crippen LogP) is 3.55. The molecular weight excluding hydrogens is 394 g/mol. The number of carbonyl (C=O) groups excluding carboxylic acids is 1. The van der Waals surface area contributed by atoms with Gasteiger partial charge in [0, 0.05) is 15.2 Å². The van der Waals surface area contributed by atoms with Crippen LogP contribution in [0.3, 0.4) is 0 Å². The summed E-state index contributed by atoms with van der Waals surface area (Å²) < 4.78 is 12.0. The third-order valence-corrected chi connectivity index (χ3v) is 4.33. The van der Waals surface area contributed by atoms with E-state index in [1.54, 1.807) is 30.3 Å². The van der Waals surface area contributed by atoms with Crippen LogP contribution >= 0.6 is 35.1 Å². The first-order valence-corrected chi connectivity index (χ1v) is 8.73. The second-order valence-corrected chi connectivity index (χ2v) is 7.22. The highest BCUT2D eigenvalue weighted by molar-refractivity contribution is 9.10. The first-order valence-electron chi connectivity index (χ1n) is 5.95. The highest BCUT2D eigenvalue weighted by Gasteiger charge is 2.23. The SMILES string of the molecule is O=C(Nc1cccc(Cl)c1)Nc1ccc(Br)cc1P(=O)(O)O. The molecule has 22 heavy (non-hydrogen) atoms. The van der Waals surface area contributed by atoms with Gasteiger partial charge in [0.1, 0.15) is 0 Å². The van der Waals surface area contributed by atoms with E-state index in [-0.39, 0.29) is 11.0 Å². The molecule has 0 unspecified atom stereocenters. The summed E-state index contributed by atoms with van der Waals surface area (Å²) in [5.41, 5.74) is 0.482. The number of carbonyl (C=O) groups is 1. The summed E-state index contributed by atoms with van der Waals surface area (Å²) in [6.45, 7) is 0. The van der Waals surface area contributed by atoms with E-state index < -0.39 is 13.6 Å². The van der Waals surface area contributed by atoms with Crippen molar-refractivity contribution in [2.45, 2.75) is 0 Å². The molecule has 0 aliphatic rings. The Bertz CT molecular complexity index is 765. The number of halogens is 2. The van der Waals surface area contributed by atoms with Crippen molar-refractivity contribution in [3.8, 4) is 0 Å². The zero-order chi connectivity index (χ0) is 16.3. The molecule has 6 nitrogen and oxygen atoms in total. The summed E-state index contributed by atoms with van der Waals surface area (Å²) in [5, 5.41) is 5.11. The van der Waals surface area contributed by atoms with Crippen LogP contribution in [-0.2, 0) is 4.57 Å². The Kier molecular flexibility index (Phi) is 5.26. The third kappa shape index (κ3) is 4.56. The van der Waals surface area contributed by atoms with E-state index in [1.807, 2.05) is 0 Å². The van der Waals surface area contributed by atoms with Crippen molar-refractivity contribution in [3.63, 3.8) is 0 Å². The lowest BCUT2D eigenvalue weighted by Gasteiger charge is -2.13. The minimum absolute atomic E-state index is 0.0241. The van der Waals surface area contributed by atoms with Crippen LogP contribution in [0, 0.1) is 0 Å². The van der Waals surface area contributed by atoms with Crippen molar-refractivity contribution in [2.75, 3.05) is 10.6 Å². The lowest BCUT2D eigenvalue weighted by Crippen LogP contribution is -2.23. The fraction of sp³-hybridized carbons (Fsp3) is 0. The Morgan fingerprint density at radius 1 is 1.14 bits per heavy atom. The molecule has 0 radical (unpaired) electrons. The van der Waals surface area contributed by atoms with Crippen LogP contribution in [0.4, 0.5) is 16.2 Å². The number of amides is 2. The Morgan fingerprint density at radius 2 is 1.86 bits per heavy atom. The van der Waals surface area contributed by atoms with Gasteiger partial charge in [-0.05, 0) is 36.4 Å². The molecule has 0 bridgehead atoms. The zero-order valence-corrected chi connectivity index (χ0v) is 14.2. The minimum atomic E-state index is -4.52. The van der Waals surface area contributed by atoms with Gasteiger partial charge in [-0.1, -0.05) is 33.6 Å². The van der Waals surface area contributed by atoms with E-state index in [0.29, 0.717) is 15.2 Å². The molecular formula is C13H11BrClN2O4P. The number of hydrogen-bond donors (Lipinski definition) is 4. The molecule has 0 aromatic heterocycles. The molecule has 0 heterocycles. The van der Waals surface area contributed by atoms with Crippen molar-refractivity contribution in [1.29, 1.82) is 0 Å². The van der Waals surface area contributed by atoms with E-state index in [4.69, 9.17) is 11.6 Å². The molecule has 0 spiro atoms. The second-order valence-electron chi connectivity index (χ2n) is 4.29. The zero-order valence-electron chi connectivity index (χ0n) is 11.0. The van der Waals surface area contributed by atoms with Gasteiger partial charge < -0.3 is 20.4 Å². The molecule has 2 rings (SSSR count). The maximum absolute atomic E-state index is 11.9. The average Bonchev–Trinajstić information content (AvgIpc) is 2.39. The van der Waals surface area contributed by atoms with E-state index in [0.717, 1.165) is 0 Å². The summed E-state index contributed by atoms with van der Waals surface area (Å²) in [6, 6.07) is 10.1. The summed E-state index contributed by atoms with van der Waals surface area (Å²) in [4.78, 5) is 30.6. The van der Waals surface area contributed by atoms with Gasteiger partial charge in [-0.2, -0.15) is 0 Å². The van der Waals surface area contributed by atoms with E-state index in [9.17, 15) is 19.1 Å². The van der Waals surface area contributed by atoms with Crippen LogP contribution in [0.1, 0.15) is 0 Å². The molecule has 116 valence electrons. The Balaban J connectivity index is 2.20. The predicted molar refractivity (Wildman–Crippen MR) is 89.9 cm³/mol. The van der Waals surface area contributed by atoms with Gasteiger partial charge in [0.2, 0.25) is 0 Å². The van der Waals surface area contributed by atoms with Crippen molar-refractivity contribution in [3.05, 3.63) is 52.0 Å². The van der Waals surface area contributed by atoms with Gasteiger partial charge in [-0.15, -0.1) is 0 Å². The minimum Gasteiger partial charge on any atom is -0.321 e. The van der Waals surface area contributed by atoms with Gasteiger partial charge in [-0.25, -0.2) is 4.79 Å². The maximum atomic E-state index is 11.9. The van der Waals surface area contributed by atoms with Gasteiger partial charge in [-0.3, -0.25) is 4.57 Å². The normalized spacial score (nSPS) is 11.1. The van der Waals surface area contributed by atoms with Crippen molar-refractivity contribution >= 4 is 57.8 Å². The topological polar surface area (TPSA) is 98.7 Å². The molecule has 0 saturated heterocycles. The standard InChI is InChI=1S/C13H11BrClN2O4P/c14-8-4-5-11(12(6-8)22(19,20)21)17-13(18)16-10-3-1-2-9(15)7-10/h1-7H,(H2,16,17,18)(H2,19,20,21). The Morgan fingerprint density at radius 3 is 2.50 bits per heavy atom. The largest absolute Gasteiger partial charge is 0.358 e. The van der Waals surface area contributed by atoms with Gasteiger partial charge in [0.05, 0.1) is 11.0 Å². The molecule has 2 aromatic rings. The van der Waals surface area contributed by atoms with E-state index in [1.165, 1.54) is 12.1 Å². The Labute approximate surface area is 139 Å².